The fourth-order valence-electron chi connectivity index (χ4n) is 0. The molecule has 6 nitrogen and oxygen atoms in total. The Labute approximate surface area is 201 Å². The summed E-state index contributed by atoms with van der Waals surface area (Å²) in [5, 5.41) is 30.6. The monoisotopic (exact) mass is 248 g/mol. The molecule has 0 saturated carbocycles. The minimum absolute atomic E-state index is 0. The van der Waals surface area contributed by atoms with E-state index in [1.165, 1.54) is 0 Å². The van der Waals surface area contributed by atoms with Gasteiger partial charge in [0.1, 0.15) is 0 Å². The topological polar surface area (TPSA) is 121 Å². The first-order valence-electron chi connectivity index (χ1n) is 1.26. The molecule has 0 aromatic heterocycles. The second kappa shape index (κ2) is 29.4. The van der Waals surface area contributed by atoms with E-state index in [1.807, 2.05) is 0 Å². The van der Waals surface area contributed by atoms with Crippen molar-refractivity contribution in [1.82, 2.24) is 0 Å². The van der Waals surface area contributed by atoms with Crippen LogP contribution in [0.15, 0.2) is 0 Å². The summed E-state index contributed by atoms with van der Waals surface area (Å²) in [4.78, 5) is 16.9. The third-order valence-electron chi connectivity index (χ3n) is 0. The van der Waals surface area contributed by atoms with Gasteiger partial charge >= 0.3 is 168 Å². The van der Waals surface area contributed by atoms with E-state index in [0.29, 0.717) is 0 Å². The van der Waals surface area contributed by atoms with Gasteiger partial charge in [-0.3, -0.25) is 0 Å². The van der Waals surface area contributed by atoms with Gasteiger partial charge < -0.3 is 28.1 Å². The minimum Gasteiger partial charge on any atom is -1.00 e. The molecule has 52 valence electrons. The summed E-state index contributed by atoms with van der Waals surface area (Å²) in [5.74, 6) is 0. The van der Waals surface area contributed by atoms with Gasteiger partial charge in [-0.15, -0.1) is 0 Å². The fourth-order valence-corrected chi connectivity index (χ4v) is 0. The predicted molar refractivity (Wildman–Crippen MR) is 18.3 cm³/mol. The standard InChI is InChI=1S/2CH2O3.2K.2Na.2H/c2*2-1(3)4;;;;;;/h2*(H2,2,3,4);;;;;;/q;;4*+1;2*-1/p-2. The van der Waals surface area contributed by atoms with Crippen molar-refractivity contribution in [3.8, 4) is 0 Å². The van der Waals surface area contributed by atoms with Crippen LogP contribution < -0.4 is 172 Å². The summed E-state index contributed by atoms with van der Waals surface area (Å²) in [6.45, 7) is 0. The summed E-state index contributed by atoms with van der Waals surface area (Å²) in [7, 11) is 0. The summed E-state index contributed by atoms with van der Waals surface area (Å²) < 4.78 is 0. The van der Waals surface area contributed by atoms with Crippen LogP contribution in [-0.4, -0.2) is 22.5 Å². The van der Waals surface area contributed by atoms with Crippen LogP contribution in [0.4, 0.5) is 9.59 Å². The molecular formula is C2H4K2Na2O6. The maximum atomic E-state index is 8.56. The van der Waals surface area contributed by atoms with Gasteiger partial charge in [-0.05, 0) is 6.16 Å². The van der Waals surface area contributed by atoms with E-state index in [4.69, 9.17) is 30.0 Å². The molecule has 0 unspecified atom stereocenters. The molecule has 0 radical (unpaired) electrons. The van der Waals surface area contributed by atoms with Crippen LogP contribution in [0.25, 0.3) is 0 Å². The van der Waals surface area contributed by atoms with Gasteiger partial charge in [-0.2, -0.15) is 0 Å². The van der Waals surface area contributed by atoms with Crippen molar-refractivity contribution in [2.45, 2.75) is 0 Å². The summed E-state index contributed by atoms with van der Waals surface area (Å²) >= 11 is 0. The van der Waals surface area contributed by atoms with E-state index in [-0.39, 0.29) is 165 Å². The van der Waals surface area contributed by atoms with Crippen LogP contribution >= 0.6 is 0 Å². The largest absolute Gasteiger partial charge is 1.00 e. The van der Waals surface area contributed by atoms with Crippen molar-refractivity contribution >= 4 is 12.3 Å². The van der Waals surface area contributed by atoms with Crippen LogP contribution in [-0.2, 0) is 0 Å². The van der Waals surface area contributed by atoms with Gasteiger partial charge in [0.25, 0.3) is 0 Å². The van der Waals surface area contributed by atoms with E-state index in [1.54, 1.807) is 0 Å². The maximum Gasteiger partial charge on any atom is 1.00 e. The summed E-state index contributed by atoms with van der Waals surface area (Å²) in [6.07, 6.45) is -4.17. The smallest absolute Gasteiger partial charge is 1.00 e. The SMILES string of the molecule is O=C(O)O.O=C([O-])[O-].[H-].[H-].[K+].[K+].[Na+].[Na+]. The molecule has 0 atom stereocenters. The molecule has 10 heteroatoms. The molecule has 0 spiro atoms. The van der Waals surface area contributed by atoms with Crippen LogP contribution in [0.3, 0.4) is 0 Å². The molecule has 0 amide bonds. The van der Waals surface area contributed by atoms with Gasteiger partial charge in [-0.1, -0.05) is 0 Å². The number of carboxylic acid groups (broad SMARTS) is 4. The molecule has 0 aliphatic carbocycles. The average Bonchev–Trinajstić information content (AvgIpc) is 1.25. The van der Waals surface area contributed by atoms with Crippen molar-refractivity contribution in [3.05, 3.63) is 0 Å². The number of rotatable bonds is 0. The predicted octanol–water partition coefficient (Wildman–Crippen LogP) is -14.0. The van der Waals surface area contributed by atoms with E-state index < -0.39 is 12.3 Å². The van der Waals surface area contributed by atoms with E-state index in [0.717, 1.165) is 0 Å². The molecule has 0 fully saturated rings. The Balaban J connectivity index is -0.00000000600. The Morgan fingerprint density at radius 3 is 1.00 bits per heavy atom. The second-order valence-corrected chi connectivity index (χ2v) is 0.533. The Morgan fingerprint density at radius 2 is 1.00 bits per heavy atom. The van der Waals surface area contributed by atoms with Crippen molar-refractivity contribution in [2.24, 2.45) is 0 Å². The summed E-state index contributed by atoms with van der Waals surface area (Å²) in [6, 6.07) is 0. The number of carbonyl (C=O) groups excluding carboxylic acids is 1. The van der Waals surface area contributed by atoms with Crippen molar-refractivity contribution in [1.29, 1.82) is 0 Å². The first-order chi connectivity index (χ1) is 3.46. The Hall–Kier alpha value is 3.81. The van der Waals surface area contributed by atoms with Crippen molar-refractivity contribution in [3.63, 3.8) is 0 Å². The summed E-state index contributed by atoms with van der Waals surface area (Å²) in [5.41, 5.74) is 0. The molecule has 0 aromatic rings. The maximum absolute atomic E-state index is 8.56. The molecule has 0 rings (SSSR count). The average molecular weight is 248 g/mol. The molecule has 0 aliphatic rings. The Bertz CT molecular complexity index is 87.8. The van der Waals surface area contributed by atoms with Crippen molar-refractivity contribution < 1.29 is 195 Å². The number of hydrogen-bond acceptors (Lipinski definition) is 4. The zero-order chi connectivity index (χ0) is 7.15. The zero-order valence-corrected chi connectivity index (χ0v) is 17.8. The fraction of sp³-hybridized carbons (Fsp3) is 0. The molecule has 0 bridgehead atoms. The second-order valence-electron chi connectivity index (χ2n) is 0.533. The number of carbonyl (C=O) groups is 2. The van der Waals surface area contributed by atoms with E-state index in [9.17, 15) is 0 Å². The van der Waals surface area contributed by atoms with Crippen LogP contribution in [0.2, 0.25) is 0 Å². The van der Waals surface area contributed by atoms with Crippen LogP contribution in [0.5, 0.6) is 0 Å². The molecule has 0 aromatic carbocycles. The van der Waals surface area contributed by atoms with Gasteiger partial charge in [0.2, 0.25) is 0 Å². The quantitative estimate of drug-likeness (QED) is 0.411. The molecule has 0 heterocycles. The molecule has 0 saturated heterocycles. The molecule has 0 aliphatic heterocycles. The molecular weight excluding hydrogens is 244 g/mol. The van der Waals surface area contributed by atoms with Gasteiger partial charge in [0.15, 0.2) is 0 Å². The van der Waals surface area contributed by atoms with Gasteiger partial charge in [-0.25, -0.2) is 4.79 Å². The third-order valence-corrected chi connectivity index (χ3v) is 0. The normalized spacial score (nSPS) is 4.00. The Kier molecular flexibility index (Phi) is 88.1. The van der Waals surface area contributed by atoms with E-state index in [2.05, 4.69) is 0 Å². The van der Waals surface area contributed by atoms with Gasteiger partial charge in [0.05, 0.1) is 0 Å². The van der Waals surface area contributed by atoms with Crippen LogP contribution in [0.1, 0.15) is 2.85 Å². The minimum atomic E-state index is -2.33. The molecule has 2 N–H and O–H groups in total. The van der Waals surface area contributed by atoms with Gasteiger partial charge in [0, 0.05) is 0 Å². The first kappa shape index (κ1) is 36.0. The third kappa shape index (κ3) is 156. The number of hydrogen-bond donors (Lipinski definition) is 2. The zero-order valence-electron chi connectivity index (χ0n) is 9.53. The van der Waals surface area contributed by atoms with Crippen LogP contribution in [0, 0.1) is 0 Å². The van der Waals surface area contributed by atoms with E-state index >= 15 is 0 Å². The van der Waals surface area contributed by atoms with Crippen molar-refractivity contribution in [2.75, 3.05) is 0 Å². The Morgan fingerprint density at radius 1 is 1.00 bits per heavy atom. The first-order valence-corrected chi connectivity index (χ1v) is 1.26. The molecule has 12 heavy (non-hydrogen) atoms.